The number of ketones is 1. The summed E-state index contributed by atoms with van der Waals surface area (Å²) < 4.78 is 19.4. The highest BCUT2D eigenvalue weighted by Gasteiger charge is 2.68. The molecule has 2 bridgehead atoms. The number of amides is 1. The van der Waals surface area contributed by atoms with Crippen molar-refractivity contribution in [2.45, 2.75) is 155 Å². The van der Waals surface area contributed by atoms with Crippen molar-refractivity contribution in [2.24, 2.45) is 29.1 Å². The smallest absolute Gasteiger partial charge is 0.465 e. The van der Waals surface area contributed by atoms with Gasteiger partial charge in [0.25, 0.3) is 0 Å². The molecule has 6 atom stereocenters. The lowest BCUT2D eigenvalue weighted by Gasteiger charge is -2.64. The number of rotatable bonds is 20. The van der Waals surface area contributed by atoms with Crippen molar-refractivity contribution in [3.63, 3.8) is 0 Å². The molecule has 0 aromatic heterocycles. The van der Waals surface area contributed by atoms with Crippen LogP contribution in [0.5, 0.6) is 0 Å². The standard InChI is InChI=1S/C45H64BNO6/c1-7-8-9-10-11-12-13-18-33(48)26-31(23-24-42(49)51-29-38-36-21-16-14-19-34(36)35-20-15-17-22-37(35)38)43(50)47-41(25-30(2)3)46-52-40-28-32-27-39(44(32,4)5)45(40,6)53-46/h14-17,19-22,30-32,38-41H,7-13,18,23-29H2,1-6H3,(H,47,50)/t31-,32+,39+,40-,41+,45+/m1/s1. The summed E-state index contributed by atoms with van der Waals surface area (Å²) in [5.41, 5.74) is 4.54. The normalized spacial score (nSPS) is 24.9. The van der Waals surface area contributed by atoms with Gasteiger partial charge in [-0.15, -0.1) is 0 Å². The number of ether oxygens (including phenoxy) is 1. The third kappa shape index (κ3) is 8.80. The lowest BCUT2D eigenvalue weighted by molar-refractivity contribution is -0.199. The van der Waals surface area contributed by atoms with E-state index in [1.165, 1.54) is 36.8 Å². The predicted molar refractivity (Wildman–Crippen MR) is 211 cm³/mol. The van der Waals surface area contributed by atoms with Gasteiger partial charge < -0.3 is 19.4 Å². The molecule has 1 heterocycles. The fourth-order valence-corrected chi connectivity index (χ4v) is 10.1. The van der Waals surface area contributed by atoms with Crippen molar-refractivity contribution in [1.29, 1.82) is 0 Å². The molecule has 3 saturated carbocycles. The molecule has 7 rings (SSSR count). The first kappa shape index (κ1) is 39.7. The number of hydrogen-bond donors (Lipinski definition) is 1. The van der Waals surface area contributed by atoms with Crippen LogP contribution in [0.4, 0.5) is 0 Å². The molecule has 1 saturated heterocycles. The van der Waals surface area contributed by atoms with Crippen molar-refractivity contribution >= 4 is 24.8 Å². The third-order valence-electron chi connectivity index (χ3n) is 13.3. The van der Waals surface area contributed by atoms with Gasteiger partial charge in [-0.2, -0.15) is 0 Å². The van der Waals surface area contributed by atoms with E-state index in [0.29, 0.717) is 30.6 Å². The molecule has 4 aliphatic carbocycles. The summed E-state index contributed by atoms with van der Waals surface area (Å²) in [5, 5.41) is 3.30. The molecule has 5 aliphatic rings. The number of esters is 1. The summed E-state index contributed by atoms with van der Waals surface area (Å²) in [6.45, 7) is 13.6. The Bertz CT molecular complexity index is 1540. The van der Waals surface area contributed by atoms with E-state index in [0.717, 1.165) is 43.2 Å². The molecular formula is C45H64BNO6. The van der Waals surface area contributed by atoms with E-state index >= 15 is 0 Å². The molecule has 4 fully saturated rings. The average Bonchev–Trinajstić information content (AvgIpc) is 3.66. The molecule has 8 heteroatoms. The fraction of sp³-hybridized carbons (Fsp3) is 0.667. The van der Waals surface area contributed by atoms with Gasteiger partial charge in [-0.1, -0.05) is 122 Å². The zero-order chi connectivity index (χ0) is 37.8. The molecule has 7 nitrogen and oxygen atoms in total. The molecule has 0 spiro atoms. The van der Waals surface area contributed by atoms with Crippen molar-refractivity contribution in [3.05, 3.63) is 59.7 Å². The van der Waals surface area contributed by atoms with E-state index in [-0.39, 0.29) is 72.5 Å². The van der Waals surface area contributed by atoms with Gasteiger partial charge in [-0.25, -0.2) is 0 Å². The SMILES string of the molecule is CCCCCCCCCC(=O)C[C@@H](CCC(=O)OCC1c2ccccc2-c2ccccc21)C(=O)N[C@@H](CC(C)C)B1O[C@@H]2C[C@@H]3C[C@@H](C3(C)C)[C@]2(C)O1. The summed E-state index contributed by atoms with van der Waals surface area (Å²) >= 11 is 0. The molecule has 2 aromatic rings. The summed E-state index contributed by atoms with van der Waals surface area (Å²) in [6, 6.07) is 16.6. The third-order valence-corrected chi connectivity index (χ3v) is 13.3. The summed E-state index contributed by atoms with van der Waals surface area (Å²) in [4.78, 5) is 40.9. The van der Waals surface area contributed by atoms with E-state index in [1.807, 2.05) is 24.3 Å². The molecule has 2 aromatic carbocycles. The monoisotopic (exact) mass is 725 g/mol. The van der Waals surface area contributed by atoms with E-state index in [1.54, 1.807) is 0 Å². The summed E-state index contributed by atoms with van der Waals surface area (Å²) in [6.07, 6.45) is 11.7. The Morgan fingerprint density at radius 1 is 0.887 bits per heavy atom. The number of nitrogens with one attached hydrogen (secondary N) is 1. The van der Waals surface area contributed by atoms with Crippen LogP contribution in [0, 0.1) is 29.1 Å². The summed E-state index contributed by atoms with van der Waals surface area (Å²) in [5.74, 6) is -0.111. The number of unbranched alkanes of at least 4 members (excludes halogenated alkanes) is 6. The van der Waals surface area contributed by atoms with Crippen LogP contribution in [0.25, 0.3) is 11.1 Å². The van der Waals surface area contributed by atoms with Gasteiger partial charge in [0, 0.05) is 31.1 Å². The van der Waals surface area contributed by atoms with Gasteiger partial charge in [-0.3, -0.25) is 14.4 Å². The van der Waals surface area contributed by atoms with Crippen LogP contribution in [0.2, 0.25) is 0 Å². The van der Waals surface area contributed by atoms with Crippen molar-refractivity contribution in [1.82, 2.24) is 5.32 Å². The van der Waals surface area contributed by atoms with Crippen LogP contribution in [0.15, 0.2) is 48.5 Å². The molecule has 0 radical (unpaired) electrons. The number of carbonyl (C=O) groups excluding carboxylic acids is 3. The van der Waals surface area contributed by atoms with Crippen LogP contribution < -0.4 is 5.32 Å². The number of Topliss-reactive ketones (excluding diaryl/α,β-unsaturated/α-hetero) is 1. The average molecular weight is 726 g/mol. The number of carbonyl (C=O) groups is 3. The Balaban J connectivity index is 1.09. The Hall–Kier alpha value is -2.97. The zero-order valence-electron chi connectivity index (χ0n) is 33.3. The first-order valence-corrected chi connectivity index (χ1v) is 20.9. The zero-order valence-corrected chi connectivity index (χ0v) is 33.3. The Labute approximate surface area is 319 Å². The number of benzene rings is 2. The number of hydrogen-bond acceptors (Lipinski definition) is 6. The van der Waals surface area contributed by atoms with Gasteiger partial charge in [0.1, 0.15) is 12.4 Å². The first-order valence-electron chi connectivity index (χ1n) is 20.9. The minimum atomic E-state index is -0.631. The Morgan fingerprint density at radius 2 is 1.53 bits per heavy atom. The Kier molecular flexibility index (Phi) is 12.9. The van der Waals surface area contributed by atoms with E-state index in [9.17, 15) is 14.4 Å². The first-order chi connectivity index (χ1) is 25.4. The van der Waals surface area contributed by atoms with Crippen LogP contribution in [0.1, 0.15) is 148 Å². The largest absolute Gasteiger partial charge is 0.481 e. The molecule has 1 aliphatic heterocycles. The Morgan fingerprint density at radius 3 is 2.17 bits per heavy atom. The highest BCUT2D eigenvalue weighted by Crippen LogP contribution is 2.65. The summed E-state index contributed by atoms with van der Waals surface area (Å²) in [7, 11) is -0.544. The molecule has 288 valence electrons. The van der Waals surface area contributed by atoms with Crippen molar-refractivity contribution in [2.75, 3.05) is 6.61 Å². The van der Waals surface area contributed by atoms with Crippen LogP contribution in [-0.2, 0) is 28.4 Å². The number of fused-ring (bicyclic) bond motifs is 3. The molecular weight excluding hydrogens is 661 g/mol. The lowest BCUT2D eigenvalue weighted by atomic mass is 9.43. The van der Waals surface area contributed by atoms with E-state index in [2.05, 4.69) is 71.1 Å². The van der Waals surface area contributed by atoms with Gasteiger partial charge in [0.05, 0.1) is 17.6 Å². The highest BCUT2D eigenvalue weighted by atomic mass is 16.7. The van der Waals surface area contributed by atoms with E-state index in [4.69, 9.17) is 14.0 Å². The highest BCUT2D eigenvalue weighted by molar-refractivity contribution is 6.47. The van der Waals surface area contributed by atoms with E-state index < -0.39 is 13.0 Å². The second-order valence-electron chi connectivity index (χ2n) is 17.8. The van der Waals surface area contributed by atoms with Gasteiger partial charge in [0.2, 0.25) is 5.91 Å². The van der Waals surface area contributed by atoms with Crippen molar-refractivity contribution in [3.8, 4) is 11.1 Å². The molecule has 1 N–H and O–H groups in total. The van der Waals surface area contributed by atoms with Crippen molar-refractivity contribution < 1.29 is 28.4 Å². The quantitative estimate of drug-likeness (QED) is 0.0831. The van der Waals surface area contributed by atoms with Crippen LogP contribution >= 0.6 is 0 Å². The van der Waals surface area contributed by atoms with Gasteiger partial charge >= 0.3 is 13.1 Å². The second kappa shape index (κ2) is 17.2. The van der Waals surface area contributed by atoms with Gasteiger partial charge in [-0.05, 0) is 84.5 Å². The maximum Gasteiger partial charge on any atom is 0.481 e. The molecule has 53 heavy (non-hydrogen) atoms. The maximum absolute atomic E-state index is 14.2. The predicted octanol–water partition coefficient (Wildman–Crippen LogP) is 9.64. The molecule has 1 amide bonds. The minimum Gasteiger partial charge on any atom is -0.465 e. The lowest BCUT2D eigenvalue weighted by Crippen LogP contribution is -2.65. The second-order valence-corrected chi connectivity index (χ2v) is 17.8. The van der Waals surface area contributed by atoms with Gasteiger partial charge in [0.15, 0.2) is 0 Å². The topological polar surface area (TPSA) is 90.9 Å². The molecule has 0 unspecified atom stereocenters. The van der Waals surface area contributed by atoms with Crippen LogP contribution in [0.3, 0.4) is 0 Å². The fourth-order valence-electron chi connectivity index (χ4n) is 10.1. The minimum absolute atomic E-state index is 0.0174. The van der Waals surface area contributed by atoms with Crippen LogP contribution in [-0.4, -0.2) is 49.0 Å². The maximum atomic E-state index is 14.2.